The molecule has 1 rings (SSSR count). The molecule has 0 bridgehead atoms. The smallest absolute Gasteiger partial charge is 0.249 e. The first-order chi connectivity index (χ1) is 6.69. The zero-order chi connectivity index (χ0) is 10.6. The third kappa shape index (κ3) is 2.58. The largest absolute Gasteiger partial charge is 0.339 e. The van der Waals surface area contributed by atoms with Gasteiger partial charge in [-0.1, -0.05) is 6.08 Å². The number of allylic oxidation sites excluding steroid dienone is 1. The van der Waals surface area contributed by atoms with Crippen LogP contribution in [0, 0.1) is 5.92 Å². The van der Waals surface area contributed by atoms with Crippen LogP contribution in [0.3, 0.4) is 0 Å². The molecule has 0 aromatic carbocycles. The van der Waals surface area contributed by atoms with E-state index in [9.17, 15) is 4.79 Å². The van der Waals surface area contributed by atoms with Gasteiger partial charge in [-0.05, 0) is 39.2 Å². The van der Waals surface area contributed by atoms with Crippen LogP contribution < -0.4 is 5.73 Å². The van der Waals surface area contributed by atoms with Crippen LogP contribution in [-0.2, 0) is 4.79 Å². The van der Waals surface area contributed by atoms with Gasteiger partial charge in [0.2, 0.25) is 5.91 Å². The maximum atomic E-state index is 11.8. The van der Waals surface area contributed by atoms with E-state index in [1.165, 1.54) is 0 Å². The van der Waals surface area contributed by atoms with Crippen LogP contribution >= 0.6 is 0 Å². The van der Waals surface area contributed by atoms with E-state index in [2.05, 4.69) is 0 Å². The number of carbonyl (C=O) groups excluding carboxylic acids is 1. The van der Waals surface area contributed by atoms with Gasteiger partial charge in [0.25, 0.3) is 0 Å². The zero-order valence-corrected chi connectivity index (χ0v) is 9.12. The lowest BCUT2D eigenvalue weighted by Crippen LogP contribution is -2.40. The van der Waals surface area contributed by atoms with Gasteiger partial charge < -0.3 is 10.6 Å². The molecule has 1 aliphatic rings. The molecule has 0 radical (unpaired) electrons. The summed E-state index contributed by atoms with van der Waals surface area (Å²) in [4.78, 5) is 13.7. The monoisotopic (exact) mass is 196 g/mol. The minimum Gasteiger partial charge on any atom is -0.339 e. The molecule has 3 heteroatoms. The average molecular weight is 196 g/mol. The van der Waals surface area contributed by atoms with Gasteiger partial charge in [0.15, 0.2) is 0 Å². The van der Waals surface area contributed by atoms with Crippen molar-refractivity contribution in [1.82, 2.24) is 4.90 Å². The maximum Gasteiger partial charge on any atom is 0.249 e. The predicted molar refractivity (Wildman–Crippen MR) is 57.8 cm³/mol. The molecule has 0 unspecified atom stereocenters. The van der Waals surface area contributed by atoms with Crippen molar-refractivity contribution in [2.24, 2.45) is 11.7 Å². The topological polar surface area (TPSA) is 46.3 Å². The molecule has 1 heterocycles. The minimum absolute atomic E-state index is 0.183. The summed E-state index contributed by atoms with van der Waals surface area (Å²) < 4.78 is 0. The summed E-state index contributed by atoms with van der Waals surface area (Å²) in [7, 11) is 0. The Morgan fingerprint density at radius 3 is 2.50 bits per heavy atom. The number of hydrogen-bond acceptors (Lipinski definition) is 2. The van der Waals surface area contributed by atoms with Gasteiger partial charge in [-0.25, -0.2) is 0 Å². The van der Waals surface area contributed by atoms with E-state index in [4.69, 9.17) is 5.73 Å². The third-order valence-electron chi connectivity index (χ3n) is 3.01. The van der Waals surface area contributed by atoms with Crippen molar-refractivity contribution < 1.29 is 4.79 Å². The lowest BCUT2D eigenvalue weighted by atomic mass is 9.97. The van der Waals surface area contributed by atoms with Crippen LogP contribution in [0.5, 0.6) is 0 Å². The first-order valence-electron chi connectivity index (χ1n) is 5.31. The van der Waals surface area contributed by atoms with Crippen LogP contribution in [0.15, 0.2) is 11.6 Å². The van der Waals surface area contributed by atoms with Crippen molar-refractivity contribution in [1.29, 1.82) is 0 Å². The van der Waals surface area contributed by atoms with Crippen molar-refractivity contribution in [3.8, 4) is 0 Å². The number of hydrogen-bond donors (Lipinski definition) is 1. The summed E-state index contributed by atoms with van der Waals surface area (Å²) in [6.45, 7) is 6.26. The standard InChI is InChI=1S/C11H20N2O/c1-3-9(2)11(14)13-6-4-10(8-12)5-7-13/h3,10H,4-8,12H2,1-2H3/b9-3+. The summed E-state index contributed by atoms with van der Waals surface area (Å²) in [5, 5.41) is 0. The lowest BCUT2D eigenvalue weighted by Gasteiger charge is -2.31. The summed E-state index contributed by atoms with van der Waals surface area (Å²) >= 11 is 0. The molecule has 0 spiro atoms. The van der Waals surface area contributed by atoms with Crippen molar-refractivity contribution in [2.75, 3.05) is 19.6 Å². The van der Waals surface area contributed by atoms with E-state index in [0.29, 0.717) is 5.92 Å². The fourth-order valence-electron chi connectivity index (χ4n) is 1.74. The van der Waals surface area contributed by atoms with Gasteiger partial charge in [-0.2, -0.15) is 0 Å². The van der Waals surface area contributed by atoms with Gasteiger partial charge in [-0.3, -0.25) is 4.79 Å². The Bertz CT molecular complexity index is 227. The molecule has 1 amide bonds. The highest BCUT2D eigenvalue weighted by molar-refractivity contribution is 5.92. The summed E-state index contributed by atoms with van der Waals surface area (Å²) in [5.41, 5.74) is 6.44. The van der Waals surface area contributed by atoms with Crippen LogP contribution in [0.4, 0.5) is 0 Å². The highest BCUT2D eigenvalue weighted by Gasteiger charge is 2.22. The molecule has 2 N–H and O–H groups in total. The zero-order valence-electron chi connectivity index (χ0n) is 9.12. The first kappa shape index (κ1) is 11.2. The second kappa shape index (κ2) is 5.15. The highest BCUT2D eigenvalue weighted by Crippen LogP contribution is 2.17. The second-order valence-corrected chi connectivity index (χ2v) is 3.94. The number of nitrogens with two attached hydrogens (primary N) is 1. The summed E-state index contributed by atoms with van der Waals surface area (Å²) in [6.07, 6.45) is 3.98. The van der Waals surface area contributed by atoms with E-state index < -0.39 is 0 Å². The third-order valence-corrected chi connectivity index (χ3v) is 3.01. The summed E-state index contributed by atoms with van der Waals surface area (Å²) in [6, 6.07) is 0. The van der Waals surface area contributed by atoms with E-state index in [1.54, 1.807) is 0 Å². The SMILES string of the molecule is C/C=C(\C)C(=O)N1CCC(CN)CC1. The van der Waals surface area contributed by atoms with Crippen LogP contribution in [0.1, 0.15) is 26.7 Å². The normalized spacial score (nSPS) is 19.9. The van der Waals surface area contributed by atoms with Crippen molar-refractivity contribution >= 4 is 5.91 Å². The molecule has 0 aromatic rings. The van der Waals surface area contributed by atoms with E-state index in [-0.39, 0.29) is 5.91 Å². The molecule has 3 nitrogen and oxygen atoms in total. The highest BCUT2D eigenvalue weighted by atomic mass is 16.2. The number of nitrogens with zero attached hydrogens (tertiary/aromatic N) is 1. The molecule has 1 saturated heterocycles. The van der Waals surface area contributed by atoms with E-state index >= 15 is 0 Å². The predicted octanol–water partition coefficient (Wildman–Crippen LogP) is 1.15. The van der Waals surface area contributed by atoms with Crippen molar-refractivity contribution in [3.05, 3.63) is 11.6 Å². The Balaban J connectivity index is 2.46. The van der Waals surface area contributed by atoms with Crippen molar-refractivity contribution in [2.45, 2.75) is 26.7 Å². The molecule has 80 valence electrons. The van der Waals surface area contributed by atoms with E-state index in [0.717, 1.165) is 38.0 Å². The molecular weight excluding hydrogens is 176 g/mol. The number of amides is 1. The van der Waals surface area contributed by atoms with E-state index in [1.807, 2.05) is 24.8 Å². The molecule has 14 heavy (non-hydrogen) atoms. The molecule has 0 atom stereocenters. The minimum atomic E-state index is 0.183. The fourth-order valence-corrected chi connectivity index (χ4v) is 1.74. The molecule has 0 saturated carbocycles. The van der Waals surface area contributed by atoms with Crippen LogP contribution in [0.2, 0.25) is 0 Å². The fraction of sp³-hybridized carbons (Fsp3) is 0.727. The second-order valence-electron chi connectivity index (χ2n) is 3.94. The Morgan fingerprint density at radius 2 is 2.07 bits per heavy atom. The quantitative estimate of drug-likeness (QED) is 0.673. The summed E-state index contributed by atoms with van der Waals surface area (Å²) in [5.74, 6) is 0.799. The molecule has 1 aliphatic heterocycles. The molecule has 0 aromatic heterocycles. The Labute approximate surface area is 86.0 Å². The molecule has 1 fully saturated rings. The van der Waals surface area contributed by atoms with Crippen LogP contribution in [-0.4, -0.2) is 30.4 Å². The number of rotatable bonds is 2. The Hall–Kier alpha value is -0.830. The van der Waals surface area contributed by atoms with Gasteiger partial charge in [-0.15, -0.1) is 0 Å². The van der Waals surface area contributed by atoms with Gasteiger partial charge in [0.1, 0.15) is 0 Å². The molecule has 0 aliphatic carbocycles. The Morgan fingerprint density at radius 1 is 1.50 bits per heavy atom. The van der Waals surface area contributed by atoms with Crippen molar-refractivity contribution in [3.63, 3.8) is 0 Å². The Kier molecular flexibility index (Phi) is 4.14. The number of likely N-dealkylation sites (tertiary alicyclic amines) is 1. The average Bonchev–Trinajstić information content (AvgIpc) is 2.27. The van der Waals surface area contributed by atoms with Gasteiger partial charge in [0.05, 0.1) is 0 Å². The number of piperidine rings is 1. The maximum absolute atomic E-state index is 11.8. The van der Waals surface area contributed by atoms with Gasteiger partial charge in [0, 0.05) is 18.7 Å². The first-order valence-corrected chi connectivity index (χ1v) is 5.31. The molecular formula is C11H20N2O. The van der Waals surface area contributed by atoms with Gasteiger partial charge >= 0.3 is 0 Å². The number of carbonyl (C=O) groups is 1. The van der Waals surface area contributed by atoms with Crippen LogP contribution in [0.25, 0.3) is 0 Å². The lowest BCUT2D eigenvalue weighted by molar-refractivity contribution is -0.128.